The summed E-state index contributed by atoms with van der Waals surface area (Å²) in [7, 11) is 1.49. The van der Waals surface area contributed by atoms with Crippen molar-refractivity contribution in [1.82, 2.24) is 4.73 Å². The van der Waals surface area contributed by atoms with Gasteiger partial charge in [-0.2, -0.15) is 0 Å². The van der Waals surface area contributed by atoms with Crippen LogP contribution in [0.15, 0.2) is 108 Å². The van der Waals surface area contributed by atoms with Gasteiger partial charge in [-0.3, -0.25) is 9.59 Å². The zero-order valence-electron chi connectivity index (χ0n) is 18.7. The Labute approximate surface area is 196 Å². The molecule has 1 heterocycles. The minimum Gasteiger partial charge on any atom is -0.382 e. The van der Waals surface area contributed by atoms with Crippen LogP contribution in [-0.2, 0) is 4.74 Å². The molecule has 5 aromatic rings. The summed E-state index contributed by atoms with van der Waals surface area (Å²) in [4.78, 5) is 33.5. The zero-order chi connectivity index (χ0) is 23.5. The summed E-state index contributed by atoms with van der Waals surface area (Å²) in [5.41, 5.74) is 1.88. The lowest BCUT2D eigenvalue weighted by Gasteiger charge is -2.20. The van der Waals surface area contributed by atoms with E-state index in [0.29, 0.717) is 16.6 Å². The Kier molecular flexibility index (Phi) is 5.93. The second-order valence-electron chi connectivity index (χ2n) is 8.03. The predicted molar refractivity (Wildman–Crippen MR) is 133 cm³/mol. The molecule has 0 aliphatic heterocycles. The number of ether oxygens (including phenoxy) is 1. The molecule has 0 saturated carbocycles. The number of hydrogen-bond donors (Lipinski definition) is 0. The van der Waals surface area contributed by atoms with Crippen LogP contribution in [0.1, 0.15) is 27.4 Å². The third-order valence-corrected chi connectivity index (χ3v) is 5.96. The van der Waals surface area contributed by atoms with Crippen LogP contribution >= 0.6 is 0 Å². The maximum Gasteiger partial charge on any atom is 0.287 e. The number of ketones is 1. The Bertz CT molecular complexity index is 1530. The first-order valence-corrected chi connectivity index (χ1v) is 11.0. The molecule has 0 fully saturated rings. The summed E-state index contributed by atoms with van der Waals surface area (Å²) < 4.78 is 6.27. The number of rotatable bonds is 7. The molecular weight excluding hydrogens is 426 g/mol. The first-order chi connectivity index (χ1) is 16.7. The van der Waals surface area contributed by atoms with Gasteiger partial charge in [0.2, 0.25) is 6.79 Å². The van der Waals surface area contributed by atoms with Crippen molar-refractivity contribution in [3.8, 4) is 0 Å². The number of benzene rings is 4. The lowest BCUT2D eigenvalue weighted by Crippen LogP contribution is -2.33. The number of carbonyl (C=O) groups excluding carboxylic acids is 1. The molecule has 0 unspecified atom stereocenters. The average Bonchev–Trinajstić information content (AvgIpc) is 2.89. The maximum atomic E-state index is 14.2. The average molecular weight is 450 g/mol. The SMILES string of the molecule is COCOn1c(=O)c([C@H](C(=O)c2cccc3ccccc23)c2ccccc2)cc2ccccc21. The first-order valence-electron chi connectivity index (χ1n) is 11.0. The van der Waals surface area contributed by atoms with Gasteiger partial charge in [0.15, 0.2) is 5.78 Å². The molecule has 168 valence electrons. The van der Waals surface area contributed by atoms with Gasteiger partial charge in [0.05, 0.1) is 11.4 Å². The molecule has 0 radical (unpaired) electrons. The smallest absolute Gasteiger partial charge is 0.287 e. The number of Topliss-reactive ketones (excluding diaryl/α,β-unsaturated/α-hetero) is 1. The fourth-order valence-corrected chi connectivity index (χ4v) is 4.40. The summed E-state index contributed by atoms with van der Waals surface area (Å²) in [5.74, 6) is -0.949. The molecule has 5 rings (SSSR count). The Morgan fingerprint density at radius 3 is 2.29 bits per heavy atom. The van der Waals surface area contributed by atoms with Crippen LogP contribution in [0.25, 0.3) is 21.7 Å². The van der Waals surface area contributed by atoms with E-state index in [1.165, 1.54) is 11.8 Å². The monoisotopic (exact) mass is 449 g/mol. The van der Waals surface area contributed by atoms with Gasteiger partial charge in [0.25, 0.3) is 5.56 Å². The van der Waals surface area contributed by atoms with Crippen molar-refractivity contribution in [2.75, 3.05) is 13.9 Å². The quantitative estimate of drug-likeness (QED) is 0.253. The fraction of sp³-hybridized carbons (Fsp3) is 0.103. The van der Waals surface area contributed by atoms with Crippen LogP contribution in [0.3, 0.4) is 0 Å². The molecular formula is C29H23NO4. The van der Waals surface area contributed by atoms with E-state index in [1.807, 2.05) is 91.0 Å². The van der Waals surface area contributed by atoms with Gasteiger partial charge in [-0.1, -0.05) is 91.0 Å². The summed E-state index contributed by atoms with van der Waals surface area (Å²) in [6, 6.07) is 32.1. The Hall–Kier alpha value is -4.22. The van der Waals surface area contributed by atoms with Gasteiger partial charge in [-0.05, 0) is 28.5 Å². The van der Waals surface area contributed by atoms with Gasteiger partial charge in [0.1, 0.15) is 0 Å². The molecule has 4 aromatic carbocycles. The van der Waals surface area contributed by atoms with E-state index in [0.717, 1.165) is 21.7 Å². The van der Waals surface area contributed by atoms with E-state index in [2.05, 4.69) is 0 Å². The highest BCUT2D eigenvalue weighted by atomic mass is 16.8. The van der Waals surface area contributed by atoms with Crippen LogP contribution in [-0.4, -0.2) is 24.4 Å². The maximum absolute atomic E-state index is 14.2. The standard InChI is InChI=1S/C29H23NO4/c1-33-19-34-30-26-17-8-6-13-22(26)18-25(29(30)32)27(21-11-3-2-4-12-21)28(31)24-16-9-14-20-10-5-7-15-23(20)24/h2-18,27H,19H2,1H3/t27-/m1/s1. The van der Waals surface area contributed by atoms with E-state index >= 15 is 0 Å². The minimum absolute atomic E-state index is 0.0966. The summed E-state index contributed by atoms with van der Waals surface area (Å²) in [6.07, 6.45) is 0. The molecule has 5 nitrogen and oxygen atoms in total. The molecule has 1 aromatic heterocycles. The molecule has 0 bridgehead atoms. The van der Waals surface area contributed by atoms with E-state index in [9.17, 15) is 9.59 Å². The van der Waals surface area contributed by atoms with Gasteiger partial charge in [0, 0.05) is 23.6 Å². The van der Waals surface area contributed by atoms with Crippen molar-refractivity contribution in [3.63, 3.8) is 0 Å². The number of para-hydroxylation sites is 1. The number of carbonyl (C=O) groups is 1. The van der Waals surface area contributed by atoms with E-state index in [4.69, 9.17) is 9.57 Å². The van der Waals surface area contributed by atoms with Crippen molar-refractivity contribution < 1.29 is 14.4 Å². The minimum atomic E-state index is -0.804. The van der Waals surface area contributed by atoms with Gasteiger partial charge >= 0.3 is 0 Å². The van der Waals surface area contributed by atoms with Crippen molar-refractivity contribution >= 4 is 27.5 Å². The number of methoxy groups -OCH3 is 1. The lowest BCUT2D eigenvalue weighted by molar-refractivity contribution is -0.0372. The highest BCUT2D eigenvalue weighted by molar-refractivity contribution is 6.12. The van der Waals surface area contributed by atoms with Gasteiger partial charge in [-0.25, -0.2) is 0 Å². The van der Waals surface area contributed by atoms with Crippen LogP contribution < -0.4 is 10.4 Å². The third-order valence-electron chi connectivity index (χ3n) is 5.96. The molecule has 5 heteroatoms. The molecule has 0 spiro atoms. The molecule has 34 heavy (non-hydrogen) atoms. The molecule has 0 saturated heterocycles. The molecule has 0 aliphatic carbocycles. The van der Waals surface area contributed by atoms with E-state index < -0.39 is 11.5 Å². The second kappa shape index (κ2) is 9.33. The van der Waals surface area contributed by atoms with Crippen molar-refractivity contribution in [1.29, 1.82) is 0 Å². The Morgan fingerprint density at radius 2 is 1.50 bits per heavy atom. The number of fused-ring (bicyclic) bond motifs is 2. The molecule has 0 amide bonds. The highest BCUT2D eigenvalue weighted by Gasteiger charge is 2.29. The van der Waals surface area contributed by atoms with Crippen LogP contribution in [0, 0.1) is 0 Å². The van der Waals surface area contributed by atoms with E-state index in [-0.39, 0.29) is 12.6 Å². The topological polar surface area (TPSA) is 57.5 Å². The third kappa shape index (κ3) is 3.87. The number of aromatic nitrogens is 1. The van der Waals surface area contributed by atoms with E-state index in [1.54, 1.807) is 12.1 Å². The van der Waals surface area contributed by atoms with Crippen molar-refractivity contribution in [3.05, 3.63) is 130 Å². The number of hydrogen-bond acceptors (Lipinski definition) is 4. The lowest BCUT2D eigenvalue weighted by atomic mass is 9.83. The second-order valence-corrected chi connectivity index (χ2v) is 8.03. The van der Waals surface area contributed by atoms with Gasteiger partial charge in [-0.15, -0.1) is 4.73 Å². The summed E-state index contributed by atoms with van der Waals surface area (Å²) >= 11 is 0. The van der Waals surface area contributed by atoms with Crippen LogP contribution in [0.5, 0.6) is 0 Å². The molecule has 0 N–H and O–H groups in total. The molecule has 0 aliphatic rings. The van der Waals surface area contributed by atoms with Gasteiger partial charge < -0.3 is 9.57 Å². The van der Waals surface area contributed by atoms with Crippen LogP contribution in [0.4, 0.5) is 0 Å². The van der Waals surface area contributed by atoms with Crippen LogP contribution in [0.2, 0.25) is 0 Å². The zero-order valence-corrected chi connectivity index (χ0v) is 18.7. The molecule has 1 atom stereocenters. The fourth-order valence-electron chi connectivity index (χ4n) is 4.40. The highest BCUT2D eigenvalue weighted by Crippen LogP contribution is 2.31. The van der Waals surface area contributed by atoms with Crippen molar-refractivity contribution in [2.45, 2.75) is 5.92 Å². The normalized spacial score (nSPS) is 12.0. The Morgan fingerprint density at radius 1 is 0.824 bits per heavy atom. The number of pyridine rings is 1. The Balaban J connectivity index is 1.77. The predicted octanol–water partition coefficient (Wildman–Crippen LogP) is 5.20. The largest absolute Gasteiger partial charge is 0.382 e. The summed E-state index contributed by atoms with van der Waals surface area (Å²) in [5, 5.41) is 2.62. The number of nitrogens with zero attached hydrogens (tertiary/aromatic N) is 1. The van der Waals surface area contributed by atoms with Crippen molar-refractivity contribution in [2.24, 2.45) is 0 Å². The first kappa shape index (κ1) is 21.6. The summed E-state index contributed by atoms with van der Waals surface area (Å²) in [6.45, 7) is -0.0966.